The van der Waals surface area contributed by atoms with Gasteiger partial charge in [0.2, 0.25) is 0 Å². The summed E-state index contributed by atoms with van der Waals surface area (Å²) in [6.45, 7) is 1.74. The van der Waals surface area contributed by atoms with Gasteiger partial charge in [0.25, 0.3) is 5.91 Å². The molecule has 156 valence electrons. The van der Waals surface area contributed by atoms with Crippen LogP contribution in [0.1, 0.15) is 33.6 Å². The molecule has 1 N–H and O–H groups in total. The Hall–Kier alpha value is -4.15. The number of benzene rings is 1. The van der Waals surface area contributed by atoms with Crippen molar-refractivity contribution in [2.45, 2.75) is 13.5 Å². The largest absolute Gasteiger partial charge is 0.479 e. The number of aromatic nitrogens is 2. The quantitative estimate of drug-likeness (QED) is 0.337. The molecule has 3 aromatic rings. The van der Waals surface area contributed by atoms with E-state index in [1.165, 1.54) is 41.2 Å². The molecule has 1 amide bonds. The molecule has 0 fully saturated rings. The number of carbonyl (C=O) groups is 2. The first-order chi connectivity index (χ1) is 14.4. The number of furan rings is 1. The van der Waals surface area contributed by atoms with E-state index in [2.05, 4.69) is 10.4 Å². The van der Waals surface area contributed by atoms with Crippen LogP contribution < -0.4 is 10.1 Å². The minimum absolute atomic E-state index is 0.0350. The SMILES string of the molecule is CCOC(=O)c1cnn(C)c1NC(=O)c1ccc(COc2ccccc2[N+](=O)[O-])o1. The molecule has 11 heteroatoms. The van der Waals surface area contributed by atoms with E-state index in [1.54, 1.807) is 20.0 Å². The van der Waals surface area contributed by atoms with Crippen LogP contribution in [0, 0.1) is 10.1 Å². The highest BCUT2D eigenvalue weighted by Gasteiger charge is 2.21. The van der Waals surface area contributed by atoms with Gasteiger partial charge in [0.15, 0.2) is 11.5 Å². The van der Waals surface area contributed by atoms with Crippen LogP contribution in [0.15, 0.2) is 47.0 Å². The van der Waals surface area contributed by atoms with Gasteiger partial charge in [-0.25, -0.2) is 4.79 Å². The zero-order valence-electron chi connectivity index (χ0n) is 16.2. The molecular formula is C19H18N4O7. The lowest BCUT2D eigenvalue weighted by Gasteiger charge is -2.07. The molecular weight excluding hydrogens is 396 g/mol. The Balaban J connectivity index is 1.69. The number of ether oxygens (including phenoxy) is 2. The van der Waals surface area contributed by atoms with E-state index in [-0.39, 0.29) is 47.6 Å². The van der Waals surface area contributed by atoms with Crippen molar-refractivity contribution >= 4 is 23.4 Å². The molecule has 0 atom stereocenters. The molecule has 1 aromatic carbocycles. The summed E-state index contributed by atoms with van der Waals surface area (Å²) in [5, 5.41) is 17.5. The summed E-state index contributed by atoms with van der Waals surface area (Å²) in [7, 11) is 1.56. The number of rotatable bonds is 8. The molecule has 0 radical (unpaired) electrons. The Labute approximate surface area is 170 Å². The van der Waals surface area contributed by atoms with E-state index >= 15 is 0 Å². The van der Waals surface area contributed by atoms with Crippen LogP contribution in [0.25, 0.3) is 0 Å². The Kier molecular flexibility index (Phi) is 6.11. The van der Waals surface area contributed by atoms with Crippen LogP contribution in [0.2, 0.25) is 0 Å². The molecule has 11 nitrogen and oxygen atoms in total. The van der Waals surface area contributed by atoms with Gasteiger partial charge in [0.05, 0.1) is 17.7 Å². The highest BCUT2D eigenvalue weighted by atomic mass is 16.6. The maximum atomic E-state index is 12.5. The molecule has 3 rings (SSSR count). The molecule has 30 heavy (non-hydrogen) atoms. The maximum Gasteiger partial charge on any atom is 0.343 e. The fraction of sp³-hybridized carbons (Fsp3) is 0.211. The first-order valence-electron chi connectivity index (χ1n) is 8.86. The fourth-order valence-corrected chi connectivity index (χ4v) is 2.57. The number of nitro groups is 1. The van der Waals surface area contributed by atoms with Crippen molar-refractivity contribution in [3.8, 4) is 5.75 Å². The lowest BCUT2D eigenvalue weighted by molar-refractivity contribution is -0.386. The van der Waals surface area contributed by atoms with Gasteiger partial charge in [-0.15, -0.1) is 0 Å². The van der Waals surface area contributed by atoms with Gasteiger partial charge in [-0.05, 0) is 25.1 Å². The summed E-state index contributed by atoms with van der Waals surface area (Å²) in [4.78, 5) is 35.0. The third-order valence-corrected chi connectivity index (χ3v) is 3.98. The summed E-state index contributed by atoms with van der Waals surface area (Å²) in [6, 6.07) is 8.87. The number of nitro benzene ring substituents is 1. The van der Waals surface area contributed by atoms with Gasteiger partial charge >= 0.3 is 11.7 Å². The molecule has 0 aliphatic carbocycles. The smallest absolute Gasteiger partial charge is 0.343 e. The first kappa shape index (κ1) is 20.6. The standard InChI is InChI=1S/C19H18N4O7/c1-3-28-19(25)13-10-20-22(2)17(13)21-18(24)16-9-8-12(30-16)11-29-15-7-5-4-6-14(15)23(26)27/h4-10H,3,11H2,1-2H3,(H,21,24). The Bertz CT molecular complexity index is 1090. The second-order valence-electron chi connectivity index (χ2n) is 5.98. The average molecular weight is 414 g/mol. The molecule has 0 aliphatic heterocycles. The number of carbonyl (C=O) groups excluding carboxylic acids is 2. The van der Waals surface area contributed by atoms with Crippen LogP contribution in [-0.4, -0.2) is 33.2 Å². The molecule has 0 saturated carbocycles. The minimum atomic E-state index is -0.612. The number of aryl methyl sites for hydroxylation is 1. The van der Waals surface area contributed by atoms with Crippen molar-refractivity contribution in [1.82, 2.24) is 9.78 Å². The lowest BCUT2D eigenvalue weighted by atomic mass is 10.3. The predicted molar refractivity (Wildman–Crippen MR) is 103 cm³/mol. The van der Waals surface area contributed by atoms with Crippen LogP contribution in [-0.2, 0) is 18.4 Å². The first-order valence-corrected chi connectivity index (χ1v) is 8.86. The second kappa shape index (κ2) is 8.90. The molecule has 0 aliphatic rings. The van der Waals surface area contributed by atoms with Crippen LogP contribution in [0.3, 0.4) is 0 Å². The van der Waals surface area contributed by atoms with Gasteiger partial charge < -0.3 is 19.2 Å². The number of anilines is 1. The average Bonchev–Trinajstić information content (AvgIpc) is 3.34. The molecule has 0 bridgehead atoms. The molecule has 0 spiro atoms. The third-order valence-electron chi connectivity index (χ3n) is 3.98. The fourth-order valence-electron chi connectivity index (χ4n) is 2.57. The normalized spacial score (nSPS) is 10.5. The Morgan fingerprint density at radius 2 is 2.03 bits per heavy atom. The van der Waals surface area contributed by atoms with E-state index in [0.29, 0.717) is 0 Å². The van der Waals surface area contributed by atoms with Crippen molar-refractivity contribution in [1.29, 1.82) is 0 Å². The Morgan fingerprint density at radius 3 is 2.77 bits per heavy atom. The number of amides is 1. The lowest BCUT2D eigenvalue weighted by Crippen LogP contribution is -2.17. The van der Waals surface area contributed by atoms with Crippen LogP contribution in [0.5, 0.6) is 5.75 Å². The van der Waals surface area contributed by atoms with E-state index in [9.17, 15) is 19.7 Å². The van der Waals surface area contributed by atoms with Gasteiger partial charge in [-0.3, -0.25) is 19.6 Å². The number of para-hydroxylation sites is 2. The van der Waals surface area contributed by atoms with Crippen molar-refractivity contribution < 1.29 is 28.4 Å². The van der Waals surface area contributed by atoms with Crippen molar-refractivity contribution in [2.24, 2.45) is 7.05 Å². The van der Waals surface area contributed by atoms with Gasteiger partial charge in [-0.1, -0.05) is 12.1 Å². The number of hydrogen-bond acceptors (Lipinski definition) is 8. The zero-order chi connectivity index (χ0) is 21.7. The predicted octanol–water partition coefficient (Wildman–Crippen LogP) is 2.93. The van der Waals surface area contributed by atoms with E-state index in [1.807, 2.05) is 0 Å². The van der Waals surface area contributed by atoms with E-state index in [4.69, 9.17) is 13.9 Å². The number of hydrogen-bond donors (Lipinski definition) is 1. The minimum Gasteiger partial charge on any atom is -0.479 e. The third kappa shape index (κ3) is 4.46. The molecule has 2 heterocycles. The van der Waals surface area contributed by atoms with Crippen molar-refractivity contribution in [3.63, 3.8) is 0 Å². The van der Waals surface area contributed by atoms with Crippen molar-refractivity contribution in [2.75, 3.05) is 11.9 Å². The van der Waals surface area contributed by atoms with Crippen molar-refractivity contribution in [3.05, 3.63) is 69.8 Å². The molecule has 0 unspecified atom stereocenters. The maximum absolute atomic E-state index is 12.5. The highest BCUT2D eigenvalue weighted by molar-refractivity contribution is 6.05. The van der Waals surface area contributed by atoms with Crippen LogP contribution >= 0.6 is 0 Å². The summed E-state index contributed by atoms with van der Waals surface area (Å²) < 4.78 is 17.2. The monoisotopic (exact) mass is 414 g/mol. The van der Waals surface area contributed by atoms with Gasteiger partial charge in [-0.2, -0.15) is 5.10 Å². The zero-order valence-corrected chi connectivity index (χ0v) is 16.2. The number of nitrogens with one attached hydrogen (secondary N) is 1. The van der Waals surface area contributed by atoms with Crippen LogP contribution in [0.4, 0.5) is 11.5 Å². The summed E-state index contributed by atoms with van der Waals surface area (Å²) in [5.74, 6) is -0.729. The molecule has 0 saturated heterocycles. The van der Waals surface area contributed by atoms with E-state index in [0.717, 1.165) is 0 Å². The number of nitrogens with zero attached hydrogens (tertiary/aromatic N) is 3. The van der Waals surface area contributed by atoms with Gasteiger partial charge in [0.1, 0.15) is 23.7 Å². The summed E-state index contributed by atoms with van der Waals surface area (Å²) >= 11 is 0. The summed E-state index contributed by atoms with van der Waals surface area (Å²) in [5.41, 5.74) is -0.0658. The van der Waals surface area contributed by atoms with E-state index < -0.39 is 16.8 Å². The topological polar surface area (TPSA) is 139 Å². The Morgan fingerprint density at radius 1 is 1.27 bits per heavy atom. The van der Waals surface area contributed by atoms with Gasteiger partial charge in [0, 0.05) is 13.1 Å². The number of esters is 1. The molecule has 2 aromatic heterocycles. The summed E-state index contributed by atoms with van der Waals surface area (Å²) in [6.07, 6.45) is 1.29. The highest BCUT2D eigenvalue weighted by Crippen LogP contribution is 2.27. The second-order valence-corrected chi connectivity index (χ2v) is 5.98.